The molecule has 1 atom stereocenters. The Morgan fingerprint density at radius 2 is 2.20 bits per heavy atom. The van der Waals surface area contributed by atoms with E-state index in [0.717, 1.165) is 0 Å². The van der Waals surface area contributed by atoms with Crippen LogP contribution in [0, 0.1) is 5.82 Å². The molecule has 0 saturated carbocycles. The Morgan fingerprint density at radius 3 is 2.60 bits per heavy atom. The summed E-state index contributed by atoms with van der Waals surface area (Å²) in [4.78, 5) is 0.528. The van der Waals surface area contributed by atoms with E-state index in [4.69, 9.17) is 0 Å². The van der Waals surface area contributed by atoms with E-state index in [2.05, 4.69) is 0 Å². The molecule has 0 unspecified atom stereocenters. The Kier molecular flexibility index (Phi) is 2.17. The second kappa shape index (κ2) is 2.92. The highest BCUT2D eigenvalue weighted by atomic mass is 32.2. The van der Waals surface area contributed by atoms with Gasteiger partial charge in [0.2, 0.25) is 0 Å². The first kappa shape index (κ1) is 7.41. The monoisotopic (exact) mass is 158 g/mol. The molecular weight excluding hydrogens is 151 g/mol. The fourth-order valence-electron chi connectivity index (χ4n) is 0.646. The minimum absolute atomic E-state index is 0.340. The van der Waals surface area contributed by atoms with Gasteiger partial charge in [0.05, 0.1) is 0 Å². The lowest BCUT2D eigenvalue weighted by atomic mass is 10.4. The summed E-state index contributed by atoms with van der Waals surface area (Å²) in [6.07, 6.45) is 1.52. The minimum Gasteiger partial charge on any atom is -0.255 e. The van der Waals surface area contributed by atoms with E-state index >= 15 is 0 Å². The lowest BCUT2D eigenvalue weighted by Gasteiger charge is -1.93. The summed E-state index contributed by atoms with van der Waals surface area (Å²) in [5, 5.41) is 0. The molecule has 3 heteroatoms. The van der Waals surface area contributed by atoms with Crippen molar-refractivity contribution >= 4 is 10.8 Å². The van der Waals surface area contributed by atoms with Crippen LogP contribution >= 0.6 is 0 Å². The van der Waals surface area contributed by atoms with Crippen LogP contribution in [0.2, 0.25) is 0 Å². The van der Waals surface area contributed by atoms with Crippen molar-refractivity contribution in [2.75, 3.05) is 6.26 Å². The Bertz CT molecular complexity index is 260. The maximum absolute atomic E-state index is 12.4. The first-order valence-electron chi connectivity index (χ1n) is 2.79. The van der Waals surface area contributed by atoms with Gasteiger partial charge in [-0.25, -0.2) is 4.39 Å². The predicted octanol–water partition coefficient (Wildman–Crippen LogP) is 1.56. The molecule has 0 fully saturated rings. The Balaban J connectivity index is 3.07. The van der Waals surface area contributed by atoms with Crippen LogP contribution in [0.15, 0.2) is 29.2 Å². The molecule has 0 spiro atoms. The molecule has 0 heterocycles. The molecule has 0 aliphatic rings. The van der Waals surface area contributed by atoms with Gasteiger partial charge in [0, 0.05) is 22.0 Å². The molecule has 0 bridgehead atoms. The van der Waals surface area contributed by atoms with Gasteiger partial charge in [-0.1, -0.05) is 6.07 Å². The molecule has 0 N–H and O–H groups in total. The van der Waals surface area contributed by atoms with Crippen LogP contribution in [0.1, 0.15) is 0 Å². The largest absolute Gasteiger partial charge is 0.255 e. The lowest BCUT2D eigenvalue weighted by Crippen LogP contribution is -1.86. The second-order valence-corrected chi connectivity index (χ2v) is 3.29. The second-order valence-electron chi connectivity index (χ2n) is 1.91. The maximum Gasteiger partial charge on any atom is 0.124 e. The van der Waals surface area contributed by atoms with Crippen molar-refractivity contribution in [3.63, 3.8) is 0 Å². The van der Waals surface area contributed by atoms with Gasteiger partial charge in [0.25, 0.3) is 0 Å². The standard InChI is InChI=1S/C7H7FOS/c1-10(9)7-4-2-3-6(8)5-7/h2-5H,1H3/t10-/m0/s1. The molecule has 1 aromatic carbocycles. The summed E-state index contributed by atoms with van der Waals surface area (Å²) < 4.78 is 23.1. The summed E-state index contributed by atoms with van der Waals surface area (Å²) in [5.74, 6) is -0.340. The van der Waals surface area contributed by atoms with Crippen molar-refractivity contribution in [2.45, 2.75) is 4.90 Å². The first-order chi connectivity index (χ1) is 4.70. The fraction of sp³-hybridized carbons (Fsp3) is 0.143. The summed E-state index contributed by atoms with van der Waals surface area (Å²) in [7, 11) is -1.08. The molecule has 54 valence electrons. The van der Waals surface area contributed by atoms with Crippen molar-refractivity contribution in [3.05, 3.63) is 30.1 Å². The number of rotatable bonds is 1. The Morgan fingerprint density at radius 1 is 1.50 bits per heavy atom. The lowest BCUT2D eigenvalue weighted by molar-refractivity contribution is 0.623. The van der Waals surface area contributed by atoms with Gasteiger partial charge in [0.1, 0.15) is 5.82 Å². The zero-order valence-corrected chi connectivity index (χ0v) is 6.32. The first-order valence-corrected chi connectivity index (χ1v) is 4.35. The van der Waals surface area contributed by atoms with E-state index in [1.807, 2.05) is 0 Å². The van der Waals surface area contributed by atoms with Gasteiger partial charge in [-0.15, -0.1) is 0 Å². The quantitative estimate of drug-likeness (QED) is 0.606. The predicted molar refractivity (Wildman–Crippen MR) is 38.7 cm³/mol. The minimum atomic E-state index is -1.08. The molecular formula is C7H7FOS. The Labute approximate surface area is 61.3 Å². The van der Waals surface area contributed by atoms with Gasteiger partial charge in [-0.05, 0) is 18.2 Å². The summed E-state index contributed by atoms with van der Waals surface area (Å²) in [6, 6.07) is 5.79. The number of hydrogen-bond donors (Lipinski definition) is 0. The highest BCUT2D eigenvalue weighted by molar-refractivity contribution is 7.84. The van der Waals surface area contributed by atoms with Crippen LogP contribution < -0.4 is 0 Å². The zero-order valence-electron chi connectivity index (χ0n) is 5.50. The molecule has 1 nitrogen and oxygen atoms in total. The van der Waals surface area contributed by atoms with Crippen LogP contribution in [0.25, 0.3) is 0 Å². The van der Waals surface area contributed by atoms with Crippen LogP contribution in [0.4, 0.5) is 4.39 Å². The molecule has 0 radical (unpaired) electrons. The van der Waals surface area contributed by atoms with Crippen LogP contribution in [-0.4, -0.2) is 10.5 Å². The van der Waals surface area contributed by atoms with Gasteiger partial charge in [-0.3, -0.25) is 4.21 Å². The zero-order chi connectivity index (χ0) is 7.56. The average molecular weight is 158 g/mol. The topological polar surface area (TPSA) is 17.1 Å². The van der Waals surface area contributed by atoms with Crippen molar-refractivity contribution < 1.29 is 8.60 Å². The third kappa shape index (κ3) is 1.64. The molecule has 0 aliphatic carbocycles. The van der Waals surface area contributed by atoms with Crippen molar-refractivity contribution in [1.29, 1.82) is 0 Å². The highest BCUT2D eigenvalue weighted by Crippen LogP contribution is 2.05. The van der Waals surface area contributed by atoms with E-state index in [-0.39, 0.29) is 5.82 Å². The van der Waals surface area contributed by atoms with E-state index in [0.29, 0.717) is 4.90 Å². The molecule has 10 heavy (non-hydrogen) atoms. The average Bonchev–Trinajstić information content (AvgIpc) is 1.88. The van der Waals surface area contributed by atoms with Gasteiger partial charge in [0.15, 0.2) is 0 Å². The molecule has 0 saturated heterocycles. The SMILES string of the molecule is C[S@](=O)c1cccc(F)c1. The fourth-order valence-corrected chi connectivity index (χ4v) is 1.19. The van der Waals surface area contributed by atoms with Crippen LogP contribution in [0.5, 0.6) is 0 Å². The molecule has 0 aromatic heterocycles. The number of halogens is 1. The summed E-state index contributed by atoms with van der Waals surface area (Å²) in [6.45, 7) is 0. The molecule has 0 aliphatic heterocycles. The van der Waals surface area contributed by atoms with Gasteiger partial charge < -0.3 is 0 Å². The third-order valence-corrected chi connectivity index (χ3v) is 2.05. The summed E-state index contributed by atoms with van der Waals surface area (Å²) in [5.41, 5.74) is 0. The van der Waals surface area contributed by atoms with E-state index in [1.54, 1.807) is 12.1 Å². The highest BCUT2D eigenvalue weighted by Gasteiger charge is 1.96. The van der Waals surface area contributed by atoms with Crippen LogP contribution in [0.3, 0.4) is 0 Å². The van der Waals surface area contributed by atoms with Crippen molar-refractivity contribution in [2.24, 2.45) is 0 Å². The molecule has 1 rings (SSSR count). The number of benzene rings is 1. The Hall–Kier alpha value is -0.700. The number of hydrogen-bond acceptors (Lipinski definition) is 1. The van der Waals surface area contributed by atoms with E-state index in [9.17, 15) is 8.60 Å². The summed E-state index contributed by atoms with van der Waals surface area (Å²) >= 11 is 0. The van der Waals surface area contributed by atoms with Crippen molar-refractivity contribution in [3.8, 4) is 0 Å². The van der Waals surface area contributed by atoms with E-state index in [1.165, 1.54) is 18.4 Å². The normalized spacial score (nSPS) is 13.0. The molecule has 1 aromatic rings. The maximum atomic E-state index is 12.4. The van der Waals surface area contributed by atoms with E-state index < -0.39 is 10.8 Å². The molecule has 0 amide bonds. The third-order valence-electron chi connectivity index (χ3n) is 1.13. The van der Waals surface area contributed by atoms with Gasteiger partial charge in [-0.2, -0.15) is 0 Å². The van der Waals surface area contributed by atoms with Crippen molar-refractivity contribution in [1.82, 2.24) is 0 Å². The van der Waals surface area contributed by atoms with Gasteiger partial charge >= 0.3 is 0 Å². The van der Waals surface area contributed by atoms with Crippen LogP contribution in [-0.2, 0) is 10.8 Å². The smallest absolute Gasteiger partial charge is 0.124 e.